The molecule has 0 radical (unpaired) electrons. The topological polar surface area (TPSA) is 12.4 Å². The predicted octanol–water partition coefficient (Wildman–Crippen LogP) is 2.14. The van der Waals surface area contributed by atoms with E-state index in [4.69, 9.17) is 0 Å². The molecule has 10 heavy (non-hydrogen) atoms. The second-order valence-corrected chi connectivity index (χ2v) is 1.61. The van der Waals surface area contributed by atoms with Crippen LogP contribution >= 0.6 is 0 Å². The fourth-order valence-corrected chi connectivity index (χ4v) is 0.415. The third-order valence-corrected chi connectivity index (χ3v) is 0.733. The summed E-state index contributed by atoms with van der Waals surface area (Å²) in [6.07, 6.45) is 0. The molecule has 0 atom stereocenters. The van der Waals surface area contributed by atoms with Gasteiger partial charge in [-0.2, -0.15) is 0 Å². The van der Waals surface area contributed by atoms with E-state index >= 15 is 0 Å². The van der Waals surface area contributed by atoms with Crippen molar-refractivity contribution < 1.29 is 4.39 Å². The van der Waals surface area contributed by atoms with Gasteiger partial charge >= 0.3 is 0 Å². The van der Waals surface area contributed by atoms with Crippen molar-refractivity contribution in [3.8, 4) is 0 Å². The van der Waals surface area contributed by atoms with Gasteiger partial charge in [-0.15, -0.1) is 0 Å². The average Bonchev–Trinajstić information content (AvgIpc) is 1.91. The number of rotatable bonds is 0. The Morgan fingerprint density at radius 2 is 1.70 bits per heavy atom. The monoisotopic (exact) mass is 139 g/mol. The molecule has 0 spiro atoms. The Bertz CT molecular complexity index is 172. The molecule has 0 unspecified atom stereocenters. The van der Waals surface area contributed by atoms with Gasteiger partial charge in [0.15, 0.2) is 0 Å². The standard InChI is InChI=1S/C6H5F.C2H5N/c7-6-4-2-1-3-5-6;1-3-2/h1-5H;1H2,2H3. The van der Waals surface area contributed by atoms with Crippen LogP contribution < -0.4 is 0 Å². The SMILES string of the molecule is C=NC.Fc1ccccc1. The molecule has 0 aromatic heterocycles. The Morgan fingerprint density at radius 1 is 1.30 bits per heavy atom. The lowest BCUT2D eigenvalue weighted by Gasteiger charge is -1.78. The summed E-state index contributed by atoms with van der Waals surface area (Å²) in [6, 6.07) is 7.94. The van der Waals surface area contributed by atoms with E-state index in [2.05, 4.69) is 11.7 Å². The van der Waals surface area contributed by atoms with E-state index in [0.717, 1.165) is 0 Å². The van der Waals surface area contributed by atoms with Crippen LogP contribution in [-0.4, -0.2) is 13.8 Å². The summed E-state index contributed by atoms with van der Waals surface area (Å²) in [4.78, 5) is 3.25. The van der Waals surface area contributed by atoms with Gasteiger partial charge in [-0.1, -0.05) is 18.2 Å². The smallest absolute Gasteiger partial charge is 0.123 e. The third kappa shape index (κ3) is 4.97. The highest BCUT2D eigenvalue weighted by atomic mass is 19.1. The number of halogens is 1. The van der Waals surface area contributed by atoms with Gasteiger partial charge in [0, 0.05) is 7.05 Å². The molecule has 54 valence electrons. The van der Waals surface area contributed by atoms with Crippen LogP contribution in [0.3, 0.4) is 0 Å². The molecule has 2 heteroatoms. The van der Waals surface area contributed by atoms with Gasteiger partial charge < -0.3 is 4.99 Å². The quantitative estimate of drug-likeness (QED) is 0.488. The molecule has 0 saturated heterocycles. The van der Waals surface area contributed by atoms with Crippen LogP contribution in [0.2, 0.25) is 0 Å². The molecule has 0 aliphatic carbocycles. The first-order valence-electron chi connectivity index (χ1n) is 2.86. The number of nitrogens with zero attached hydrogens (tertiary/aromatic N) is 1. The Hall–Kier alpha value is -1.18. The van der Waals surface area contributed by atoms with E-state index in [0.29, 0.717) is 0 Å². The molecule has 1 aromatic rings. The van der Waals surface area contributed by atoms with E-state index in [9.17, 15) is 4.39 Å². The molecule has 0 aliphatic rings. The van der Waals surface area contributed by atoms with Crippen LogP contribution in [0.25, 0.3) is 0 Å². The van der Waals surface area contributed by atoms with E-state index in [1.807, 2.05) is 0 Å². The Morgan fingerprint density at radius 3 is 1.90 bits per heavy atom. The lowest BCUT2D eigenvalue weighted by Crippen LogP contribution is -1.63. The number of aliphatic imine (C=N–C) groups is 1. The lowest BCUT2D eigenvalue weighted by molar-refractivity contribution is 0.628. The van der Waals surface area contributed by atoms with Crippen molar-refractivity contribution in [2.45, 2.75) is 0 Å². The van der Waals surface area contributed by atoms with Gasteiger partial charge in [0.25, 0.3) is 0 Å². The zero-order valence-electron chi connectivity index (χ0n) is 5.92. The van der Waals surface area contributed by atoms with Crippen molar-refractivity contribution in [3.63, 3.8) is 0 Å². The third-order valence-electron chi connectivity index (χ3n) is 0.733. The van der Waals surface area contributed by atoms with Crippen LogP contribution in [0.5, 0.6) is 0 Å². The normalized spacial score (nSPS) is 7.40. The van der Waals surface area contributed by atoms with Gasteiger partial charge in [-0.05, 0) is 18.9 Å². The molecule has 1 nitrogen and oxygen atoms in total. The van der Waals surface area contributed by atoms with Gasteiger partial charge in [0.1, 0.15) is 5.82 Å². The minimum Gasteiger partial charge on any atom is -0.304 e. The van der Waals surface area contributed by atoms with Gasteiger partial charge in [-0.3, -0.25) is 0 Å². The van der Waals surface area contributed by atoms with Crippen LogP contribution in [0, 0.1) is 5.82 Å². The van der Waals surface area contributed by atoms with Crippen molar-refractivity contribution in [1.29, 1.82) is 0 Å². The molecule has 0 N–H and O–H groups in total. The summed E-state index contributed by atoms with van der Waals surface area (Å²) in [7, 11) is 1.64. The molecular weight excluding hydrogens is 129 g/mol. The molecule has 0 saturated carbocycles. The molecule has 0 amide bonds. The van der Waals surface area contributed by atoms with Crippen LogP contribution in [-0.2, 0) is 0 Å². The summed E-state index contributed by atoms with van der Waals surface area (Å²) < 4.78 is 11.9. The van der Waals surface area contributed by atoms with E-state index in [1.54, 1.807) is 25.2 Å². The maximum atomic E-state index is 11.9. The molecule has 1 rings (SSSR count). The predicted molar refractivity (Wildman–Crippen MR) is 41.9 cm³/mol. The Labute approximate surface area is 60.2 Å². The molecule has 0 heterocycles. The van der Waals surface area contributed by atoms with Gasteiger partial charge in [-0.25, -0.2) is 4.39 Å². The molecule has 0 fully saturated rings. The maximum Gasteiger partial charge on any atom is 0.123 e. The molecule has 0 aliphatic heterocycles. The van der Waals surface area contributed by atoms with Crippen LogP contribution in [0.4, 0.5) is 4.39 Å². The highest BCUT2D eigenvalue weighted by Crippen LogP contribution is 1.91. The number of benzene rings is 1. The fourth-order valence-electron chi connectivity index (χ4n) is 0.415. The van der Waals surface area contributed by atoms with Gasteiger partial charge in [0.05, 0.1) is 0 Å². The van der Waals surface area contributed by atoms with E-state index in [1.165, 1.54) is 12.1 Å². The van der Waals surface area contributed by atoms with Crippen LogP contribution in [0.15, 0.2) is 35.3 Å². The second-order valence-electron chi connectivity index (χ2n) is 1.61. The zero-order valence-corrected chi connectivity index (χ0v) is 5.92. The zero-order chi connectivity index (χ0) is 7.82. The second kappa shape index (κ2) is 5.95. The summed E-state index contributed by atoms with van der Waals surface area (Å²) in [6.45, 7) is 3.11. The molecular formula is C8H10FN. The molecule has 1 aromatic carbocycles. The fraction of sp³-hybridized carbons (Fsp3) is 0.125. The minimum absolute atomic E-state index is 0.178. The minimum atomic E-state index is -0.178. The van der Waals surface area contributed by atoms with Crippen molar-refractivity contribution in [3.05, 3.63) is 36.1 Å². The molecule has 0 bridgehead atoms. The van der Waals surface area contributed by atoms with Crippen molar-refractivity contribution in [2.75, 3.05) is 7.05 Å². The highest BCUT2D eigenvalue weighted by molar-refractivity contribution is 5.22. The van der Waals surface area contributed by atoms with Crippen molar-refractivity contribution in [2.24, 2.45) is 4.99 Å². The number of hydrogen-bond donors (Lipinski definition) is 0. The van der Waals surface area contributed by atoms with Crippen molar-refractivity contribution in [1.82, 2.24) is 0 Å². The summed E-state index contributed by atoms with van der Waals surface area (Å²) >= 11 is 0. The van der Waals surface area contributed by atoms with Gasteiger partial charge in [0.2, 0.25) is 0 Å². The first-order valence-corrected chi connectivity index (χ1v) is 2.86. The lowest BCUT2D eigenvalue weighted by atomic mass is 10.4. The van der Waals surface area contributed by atoms with E-state index < -0.39 is 0 Å². The summed E-state index contributed by atoms with van der Waals surface area (Å²) in [5.41, 5.74) is 0. The Kier molecular flexibility index (Phi) is 5.25. The Balaban J connectivity index is 0.000000236. The van der Waals surface area contributed by atoms with Crippen molar-refractivity contribution >= 4 is 6.72 Å². The number of hydrogen-bond acceptors (Lipinski definition) is 1. The first kappa shape index (κ1) is 8.82. The highest BCUT2D eigenvalue weighted by Gasteiger charge is 1.77. The summed E-state index contributed by atoms with van der Waals surface area (Å²) in [5.74, 6) is -0.178. The average molecular weight is 139 g/mol. The maximum absolute atomic E-state index is 11.9. The first-order chi connectivity index (χ1) is 4.81. The summed E-state index contributed by atoms with van der Waals surface area (Å²) in [5, 5.41) is 0. The largest absolute Gasteiger partial charge is 0.304 e. The van der Waals surface area contributed by atoms with E-state index in [-0.39, 0.29) is 5.82 Å². The van der Waals surface area contributed by atoms with Crippen LogP contribution in [0.1, 0.15) is 0 Å².